The van der Waals surface area contributed by atoms with Gasteiger partial charge in [-0.3, -0.25) is 4.68 Å². The Labute approximate surface area is 137 Å². The van der Waals surface area contributed by atoms with E-state index < -0.39 is 5.41 Å². The zero-order chi connectivity index (χ0) is 15.6. The smallest absolute Gasteiger partial charge is 0.130 e. The average molecular weight is 374 g/mol. The highest BCUT2D eigenvalue weighted by molar-refractivity contribution is 9.10. The standard InChI is InChI=1S/C15H18BrClN2O2/c1-10-11(14(17)19(2)18-10)7-15(8-20,9-21)12-5-3-4-6-13(12)16/h3-6,20-21H,7-9H2,1-2H3. The summed E-state index contributed by atoms with van der Waals surface area (Å²) in [6, 6.07) is 7.58. The van der Waals surface area contributed by atoms with Gasteiger partial charge >= 0.3 is 0 Å². The molecule has 0 fully saturated rings. The summed E-state index contributed by atoms with van der Waals surface area (Å²) in [5.74, 6) is 0. The first-order chi connectivity index (χ1) is 9.95. The molecule has 0 amide bonds. The van der Waals surface area contributed by atoms with Gasteiger partial charge in [0.1, 0.15) is 5.15 Å². The van der Waals surface area contributed by atoms with Gasteiger partial charge in [-0.2, -0.15) is 5.10 Å². The molecule has 2 aromatic rings. The van der Waals surface area contributed by atoms with E-state index in [2.05, 4.69) is 21.0 Å². The van der Waals surface area contributed by atoms with E-state index in [9.17, 15) is 10.2 Å². The molecule has 0 aliphatic heterocycles. The molecule has 2 rings (SSSR count). The summed E-state index contributed by atoms with van der Waals surface area (Å²) < 4.78 is 2.46. The molecule has 0 atom stereocenters. The maximum absolute atomic E-state index is 9.95. The van der Waals surface area contributed by atoms with Gasteiger partial charge in [-0.25, -0.2) is 0 Å². The molecule has 21 heavy (non-hydrogen) atoms. The highest BCUT2D eigenvalue weighted by atomic mass is 79.9. The van der Waals surface area contributed by atoms with Gasteiger partial charge in [-0.1, -0.05) is 45.7 Å². The summed E-state index contributed by atoms with van der Waals surface area (Å²) in [4.78, 5) is 0. The number of aliphatic hydroxyl groups excluding tert-OH is 2. The van der Waals surface area contributed by atoms with Crippen molar-refractivity contribution in [2.24, 2.45) is 7.05 Å². The lowest BCUT2D eigenvalue weighted by Gasteiger charge is -2.31. The first-order valence-corrected chi connectivity index (χ1v) is 7.77. The van der Waals surface area contributed by atoms with E-state index in [1.165, 1.54) is 0 Å². The van der Waals surface area contributed by atoms with Crippen LogP contribution in [0.15, 0.2) is 28.7 Å². The maximum Gasteiger partial charge on any atom is 0.130 e. The fourth-order valence-corrected chi connectivity index (χ4v) is 3.48. The van der Waals surface area contributed by atoms with Crippen molar-refractivity contribution in [3.05, 3.63) is 50.7 Å². The molecule has 0 unspecified atom stereocenters. The van der Waals surface area contributed by atoms with Gasteiger partial charge in [0.15, 0.2) is 0 Å². The first-order valence-electron chi connectivity index (χ1n) is 6.60. The van der Waals surface area contributed by atoms with Gasteiger partial charge in [0.05, 0.1) is 18.9 Å². The van der Waals surface area contributed by atoms with Crippen molar-refractivity contribution in [3.63, 3.8) is 0 Å². The van der Waals surface area contributed by atoms with Crippen molar-refractivity contribution >= 4 is 27.5 Å². The summed E-state index contributed by atoms with van der Waals surface area (Å²) in [6.07, 6.45) is 0.418. The fraction of sp³-hybridized carbons (Fsp3) is 0.400. The highest BCUT2D eigenvalue weighted by Crippen LogP contribution is 2.35. The molecule has 0 saturated carbocycles. The van der Waals surface area contributed by atoms with Crippen LogP contribution in [0.2, 0.25) is 5.15 Å². The van der Waals surface area contributed by atoms with E-state index in [0.29, 0.717) is 11.6 Å². The molecule has 0 spiro atoms. The van der Waals surface area contributed by atoms with Gasteiger partial charge in [0.25, 0.3) is 0 Å². The predicted molar refractivity (Wildman–Crippen MR) is 86.7 cm³/mol. The Kier molecular flexibility index (Phi) is 5.09. The molecule has 1 aromatic carbocycles. The fourth-order valence-electron chi connectivity index (χ4n) is 2.53. The van der Waals surface area contributed by atoms with Crippen LogP contribution in [0.5, 0.6) is 0 Å². The molecule has 1 heterocycles. The third-order valence-electron chi connectivity index (χ3n) is 3.84. The third-order valence-corrected chi connectivity index (χ3v) is 5.00. The molecule has 6 heteroatoms. The van der Waals surface area contributed by atoms with Gasteiger partial charge in [0, 0.05) is 22.5 Å². The van der Waals surface area contributed by atoms with E-state index in [-0.39, 0.29) is 13.2 Å². The lowest BCUT2D eigenvalue weighted by molar-refractivity contribution is 0.115. The molecule has 0 radical (unpaired) electrons. The van der Waals surface area contributed by atoms with Crippen LogP contribution in [0, 0.1) is 6.92 Å². The number of halogens is 2. The van der Waals surface area contributed by atoms with E-state index in [1.807, 2.05) is 31.2 Å². The zero-order valence-corrected chi connectivity index (χ0v) is 14.3. The highest BCUT2D eigenvalue weighted by Gasteiger charge is 2.35. The van der Waals surface area contributed by atoms with Crippen molar-refractivity contribution in [3.8, 4) is 0 Å². The van der Waals surface area contributed by atoms with Crippen LogP contribution < -0.4 is 0 Å². The molecule has 4 nitrogen and oxygen atoms in total. The number of hydrogen-bond acceptors (Lipinski definition) is 3. The van der Waals surface area contributed by atoms with E-state index in [0.717, 1.165) is 21.3 Å². The monoisotopic (exact) mass is 372 g/mol. The molecule has 0 aliphatic rings. The Bertz CT molecular complexity index is 639. The third kappa shape index (κ3) is 3.01. The van der Waals surface area contributed by atoms with Crippen molar-refractivity contribution < 1.29 is 10.2 Å². The SMILES string of the molecule is Cc1nn(C)c(Cl)c1CC(CO)(CO)c1ccccc1Br. The largest absolute Gasteiger partial charge is 0.395 e. The number of aliphatic hydroxyl groups is 2. The molecule has 0 aliphatic carbocycles. The van der Waals surface area contributed by atoms with Crippen molar-refractivity contribution in [1.82, 2.24) is 9.78 Å². The summed E-state index contributed by atoms with van der Waals surface area (Å²) in [5.41, 5.74) is 1.70. The molecule has 2 N–H and O–H groups in total. The Morgan fingerprint density at radius 3 is 2.38 bits per heavy atom. The van der Waals surface area contributed by atoms with Gasteiger partial charge in [-0.05, 0) is 25.0 Å². The van der Waals surface area contributed by atoms with E-state index in [4.69, 9.17) is 11.6 Å². The van der Waals surface area contributed by atoms with Crippen LogP contribution in [0.3, 0.4) is 0 Å². The maximum atomic E-state index is 9.95. The second-order valence-electron chi connectivity index (χ2n) is 5.23. The van der Waals surface area contributed by atoms with E-state index in [1.54, 1.807) is 11.7 Å². The number of benzene rings is 1. The molecule has 0 saturated heterocycles. The number of aryl methyl sites for hydroxylation is 2. The van der Waals surface area contributed by atoms with Gasteiger partial charge in [-0.15, -0.1) is 0 Å². The first kappa shape index (κ1) is 16.5. The van der Waals surface area contributed by atoms with Crippen molar-refractivity contribution in [2.45, 2.75) is 18.8 Å². The predicted octanol–water partition coefficient (Wildman–Crippen LogP) is 2.61. The van der Waals surface area contributed by atoms with Crippen LogP contribution in [0.25, 0.3) is 0 Å². The Hall–Kier alpha value is -0.880. The van der Waals surface area contributed by atoms with Gasteiger partial charge in [0.2, 0.25) is 0 Å². The molecule has 114 valence electrons. The summed E-state index contributed by atoms with van der Waals surface area (Å²) in [7, 11) is 1.77. The summed E-state index contributed by atoms with van der Waals surface area (Å²) in [5, 5.41) is 24.7. The van der Waals surface area contributed by atoms with Crippen molar-refractivity contribution in [2.75, 3.05) is 13.2 Å². The topological polar surface area (TPSA) is 58.3 Å². The van der Waals surface area contributed by atoms with Crippen LogP contribution in [0.1, 0.15) is 16.8 Å². The Balaban J connectivity index is 2.51. The summed E-state index contributed by atoms with van der Waals surface area (Å²) in [6.45, 7) is 1.51. The van der Waals surface area contributed by atoms with Crippen molar-refractivity contribution in [1.29, 1.82) is 0 Å². The van der Waals surface area contributed by atoms with E-state index >= 15 is 0 Å². The van der Waals surface area contributed by atoms with Gasteiger partial charge < -0.3 is 10.2 Å². The second kappa shape index (κ2) is 6.48. The number of hydrogen-bond donors (Lipinski definition) is 2. The Morgan fingerprint density at radius 2 is 1.90 bits per heavy atom. The zero-order valence-electron chi connectivity index (χ0n) is 12.0. The number of rotatable bonds is 5. The molecule has 0 bridgehead atoms. The summed E-state index contributed by atoms with van der Waals surface area (Å²) >= 11 is 9.78. The molecule has 1 aromatic heterocycles. The Morgan fingerprint density at radius 1 is 1.29 bits per heavy atom. The second-order valence-corrected chi connectivity index (χ2v) is 6.44. The minimum Gasteiger partial charge on any atom is -0.395 e. The van der Waals surface area contributed by atoms with Crippen LogP contribution >= 0.6 is 27.5 Å². The number of nitrogens with zero attached hydrogens (tertiary/aromatic N) is 2. The average Bonchev–Trinajstić information content (AvgIpc) is 2.71. The lowest BCUT2D eigenvalue weighted by Crippen LogP contribution is -2.38. The normalized spacial score (nSPS) is 11.9. The van der Waals surface area contributed by atoms with Crippen LogP contribution in [-0.4, -0.2) is 33.2 Å². The van der Waals surface area contributed by atoms with Crippen LogP contribution in [-0.2, 0) is 18.9 Å². The number of aromatic nitrogens is 2. The lowest BCUT2D eigenvalue weighted by atomic mass is 9.77. The van der Waals surface area contributed by atoms with Crippen LogP contribution in [0.4, 0.5) is 0 Å². The molecular weight excluding hydrogens is 356 g/mol. The minimum atomic E-state index is -0.808. The molecular formula is C15H18BrClN2O2. The minimum absolute atomic E-state index is 0.184. The quantitative estimate of drug-likeness (QED) is 0.847.